The Bertz CT molecular complexity index is 597. The molecule has 106 valence electrons. The van der Waals surface area contributed by atoms with Crippen LogP contribution in [0.3, 0.4) is 0 Å². The van der Waals surface area contributed by atoms with E-state index in [0.717, 1.165) is 23.2 Å². The summed E-state index contributed by atoms with van der Waals surface area (Å²) in [4.78, 5) is 0. The summed E-state index contributed by atoms with van der Waals surface area (Å²) in [5.41, 5.74) is 3.22. The van der Waals surface area contributed by atoms with Crippen molar-refractivity contribution in [1.29, 1.82) is 0 Å². The van der Waals surface area contributed by atoms with Gasteiger partial charge in [0.2, 0.25) is 0 Å². The lowest BCUT2D eigenvalue weighted by atomic mass is 9.96. The molecular formula is C17H19F2N. The van der Waals surface area contributed by atoms with Crippen LogP contribution in [-0.4, -0.2) is 6.54 Å². The van der Waals surface area contributed by atoms with Gasteiger partial charge in [-0.1, -0.05) is 19.1 Å². The first-order chi connectivity index (χ1) is 9.52. The van der Waals surface area contributed by atoms with Crippen molar-refractivity contribution >= 4 is 0 Å². The highest BCUT2D eigenvalue weighted by atomic mass is 19.1. The van der Waals surface area contributed by atoms with E-state index in [1.54, 1.807) is 12.1 Å². The van der Waals surface area contributed by atoms with Gasteiger partial charge in [0.15, 0.2) is 0 Å². The second kappa shape index (κ2) is 6.14. The Hall–Kier alpha value is -1.74. The van der Waals surface area contributed by atoms with Crippen LogP contribution in [0.5, 0.6) is 0 Å². The summed E-state index contributed by atoms with van der Waals surface area (Å²) in [6, 6.07) is 8.16. The van der Waals surface area contributed by atoms with Gasteiger partial charge in [0.1, 0.15) is 11.6 Å². The molecule has 0 amide bonds. The molecule has 0 aliphatic heterocycles. The quantitative estimate of drug-likeness (QED) is 0.874. The van der Waals surface area contributed by atoms with Gasteiger partial charge in [-0.3, -0.25) is 0 Å². The number of rotatable bonds is 4. The van der Waals surface area contributed by atoms with E-state index < -0.39 is 5.82 Å². The molecule has 2 rings (SSSR count). The van der Waals surface area contributed by atoms with Crippen molar-refractivity contribution in [2.75, 3.05) is 6.54 Å². The molecule has 0 bridgehead atoms. The molecule has 3 heteroatoms. The van der Waals surface area contributed by atoms with Gasteiger partial charge in [0.05, 0.1) is 0 Å². The van der Waals surface area contributed by atoms with Crippen molar-refractivity contribution in [3.63, 3.8) is 0 Å². The van der Waals surface area contributed by atoms with E-state index in [4.69, 9.17) is 0 Å². The molecule has 0 spiro atoms. The van der Waals surface area contributed by atoms with Gasteiger partial charge >= 0.3 is 0 Å². The largest absolute Gasteiger partial charge is 0.313 e. The fourth-order valence-electron chi connectivity index (χ4n) is 2.40. The minimum atomic E-state index is -0.392. The molecule has 2 aromatic rings. The molecule has 0 aliphatic rings. The molecule has 0 aromatic heterocycles. The van der Waals surface area contributed by atoms with Crippen LogP contribution in [0, 0.1) is 25.5 Å². The highest BCUT2D eigenvalue weighted by Crippen LogP contribution is 2.30. The normalized spacial score (nSPS) is 10.8. The predicted octanol–water partition coefficient (Wildman–Crippen LogP) is 4.36. The third-order valence-electron chi connectivity index (χ3n) is 3.31. The maximum Gasteiger partial charge on any atom is 0.131 e. The molecule has 0 heterocycles. The first-order valence-corrected chi connectivity index (χ1v) is 6.79. The van der Waals surface area contributed by atoms with Gasteiger partial charge in [-0.15, -0.1) is 0 Å². The molecule has 0 saturated heterocycles. The lowest BCUT2D eigenvalue weighted by Crippen LogP contribution is -2.11. The minimum Gasteiger partial charge on any atom is -0.313 e. The number of benzene rings is 2. The first-order valence-electron chi connectivity index (χ1n) is 6.79. The predicted molar refractivity (Wildman–Crippen MR) is 78.6 cm³/mol. The monoisotopic (exact) mass is 275 g/mol. The van der Waals surface area contributed by atoms with Gasteiger partial charge in [0, 0.05) is 17.7 Å². The Labute approximate surface area is 118 Å². The Morgan fingerprint density at radius 2 is 1.75 bits per heavy atom. The van der Waals surface area contributed by atoms with Crippen LogP contribution in [0.25, 0.3) is 11.1 Å². The van der Waals surface area contributed by atoms with Crippen molar-refractivity contribution in [3.8, 4) is 11.1 Å². The molecule has 20 heavy (non-hydrogen) atoms. The van der Waals surface area contributed by atoms with E-state index in [0.29, 0.717) is 17.7 Å². The topological polar surface area (TPSA) is 12.0 Å². The van der Waals surface area contributed by atoms with Crippen LogP contribution < -0.4 is 5.32 Å². The second-order valence-electron chi connectivity index (χ2n) is 5.03. The molecule has 0 saturated carbocycles. The molecule has 0 aliphatic carbocycles. The van der Waals surface area contributed by atoms with E-state index in [1.807, 2.05) is 26.8 Å². The number of aryl methyl sites for hydroxylation is 2. The average Bonchev–Trinajstić information content (AvgIpc) is 2.38. The van der Waals surface area contributed by atoms with Gasteiger partial charge < -0.3 is 5.32 Å². The van der Waals surface area contributed by atoms with Gasteiger partial charge in [-0.05, 0) is 55.3 Å². The van der Waals surface area contributed by atoms with Crippen molar-refractivity contribution in [2.24, 2.45) is 0 Å². The summed E-state index contributed by atoms with van der Waals surface area (Å²) in [7, 11) is 0. The van der Waals surface area contributed by atoms with Crippen molar-refractivity contribution in [2.45, 2.75) is 27.3 Å². The van der Waals surface area contributed by atoms with Crippen LogP contribution in [0.1, 0.15) is 23.6 Å². The maximum atomic E-state index is 14.2. The third-order valence-corrected chi connectivity index (χ3v) is 3.31. The lowest BCUT2D eigenvalue weighted by Gasteiger charge is -2.12. The van der Waals surface area contributed by atoms with E-state index >= 15 is 0 Å². The van der Waals surface area contributed by atoms with Crippen molar-refractivity contribution in [1.82, 2.24) is 5.32 Å². The maximum absolute atomic E-state index is 14.2. The fraction of sp³-hybridized carbons (Fsp3) is 0.294. The smallest absolute Gasteiger partial charge is 0.131 e. The van der Waals surface area contributed by atoms with E-state index in [2.05, 4.69) is 5.32 Å². The molecule has 2 aromatic carbocycles. The third kappa shape index (κ3) is 3.05. The van der Waals surface area contributed by atoms with E-state index in [-0.39, 0.29) is 5.82 Å². The van der Waals surface area contributed by atoms with Crippen molar-refractivity contribution < 1.29 is 8.78 Å². The van der Waals surface area contributed by atoms with Crippen LogP contribution in [-0.2, 0) is 6.54 Å². The Balaban J connectivity index is 2.51. The lowest BCUT2D eigenvalue weighted by molar-refractivity contribution is 0.613. The zero-order valence-electron chi connectivity index (χ0n) is 12.1. The molecule has 0 fully saturated rings. The molecule has 0 unspecified atom stereocenters. The molecule has 1 nitrogen and oxygen atoms in total. The number of hydrogen-bond acceptors (Lipinski definition) is 1. The van der Waals surface area contributed by atoms with E-state index in [9.17, 15) is 8.78 Å². The number of nitrogens with one attached hydrogen (secondary N) is 1. The van der Waals surface area contributed by atoms with Crippen LogP contribution in [0.4, 0.5) is 8.78 Å². The zero-order valence-corrected chi connectivity index (χ0v) is 12.1. The molecule has 1 N–H and O–H groups in total. The fourth-order valence-corrected chi connectivity index (χ4v) is 2.40. The summed E-state index contributed by atoms with van der Waals surface area (Å²) >= 11 is 0. The molecule has 0 atom stereocenters. The SMILES string of the molecule is CCNCc1ccc(F)c(-c2c(C)cc(C)cc2F)c1. The number of hydrogen-bond donors (Lipinski definition) is 1. The van der Waals surface area contributed by atoms with Gasteiger partial charge in [-0.2, -0.15) is 0 Å². The summed E-state index contributed by atoms with van der Waals surface area (Å²) in [5, 5.41) is 3.18. The van der Waals surface area contributed by atoms with Gasteiger partial charge in [0.25, 0.3) is 0 Å². The summed E-state index contributed by atoms with van der Waals surface area (Å²) in [5.74, 6) is -0.766. The number of halogens is 2. The van der Waals surface area contributed by atoms with Crippen molar-refractivity contribution in [3.05, 3.63) is 58.7 Å². The Morgan fingerprint density at radius 3 is 2.40 bits per heavy atom. The summed E-state index contributed by atoms with van der Waals surface area (Å²) in [6.45, 7) is 7.13. The summed E-state index contributed by atoms with van der Waals surface area (Å²) in [6.07, 6.45) is 0. The van der Waals surface area contributed by atoms with E-state index in [1.165, 1.54) is 12.1 Å². The Morgan fingerprint density at radius 1 is 1.00 bits per heavy atom. The second-order valence-corrected chi connectivity index (χ2v) is 5.03. The summed E-state index contributed by atoms with van der Waals surface area (Å²) < 4.78 is 28.2. The zero-order chi connectivity index (χ0) is 14.7. The molecule has 0 radical (unpaired) electrons. The van der Waals surface area contributed by atoms with Gasteiger partial charge in [-0.25, -0.2) is 8.78 Å². The average molecular weight is 275 g/mol. The highest BCUT2D eigenvalue weighted by Gasteiger charge is 2.14. The molecular weight excluding hydrogens is 256 g/mol. The highest BCUT2D eigenvalue weighted by molar-refractivity contribution is 5.69. The standard InChI is InChI=1S/C17H19F2N/c1-4-20-10-13-5-6-15(18)14(9-13)17-12(3)7-11(2)8-16(17)19/h5-9,20H,4,10H2,1-3H3. The first kappa shape index (κ1) is 14.7. The van der Waals surface area contributed by atoms with Crippen LogP contribution in [0.2, 0.25) is 0 Å². The minimum absolute atomic E-state index is 0.329. The Kier molecular flexibility index (Phi) is 4.50. The van der Waals surface area contributed by atoms with Crippen LogP contribution in [0.15, 0.2) is 30.3 Å². The van der Waals surface area contributed by atoms with Crippen LogP contribution >= 0.6 is 0 Å².